The number of hydrogen-bond acceptors (Lipinski definition) is 1. The summed E-state index contributed by atoms with van der Waals surface area (Å²) < 4.78 is 4.94. The zero-order valence-electron chi connectivity index (χ0n) is 10.3. The predicted octanol–water partition coefficient (Wildman–Crippen LogP) is 0.838. The van der Waals surface area contributed by atoms with Crippen molar-refractivity contribution in [2.75, 3.05) is 13.2 Å². The summed E-state index contributed by atoms with van der Waals surface area (Å²) in [4.78, 5) is 0. The smallest absolute Gasteiger partial charge is 0.381 e. The van der Waals surface area contributed by atoms with Gasteiger partial charge in [0.1, 0.15) is 0 Å². The van der Waals surface area contributed by atoms with Gasteiger partial charge in [-0.25, -0.2) is 0 Å². The topological polar surface area (TPSA) is 9.23 Å². The SMILES string of the molecule is C1CCOC1.[CH2-]CCCCC(C)C.[Li+]. The third kappa shape index (κ3) is 15.0. The molecular weight excluding hydrogens is 167 g/mol. The van der Waals surface area contributed by atoms with E-state index in [4.69, 9.17) is 4.74 Å². The van der Waals surface area contributed by atoms with Crippen LogP contribution in [0.3, 0.4) is 0 Å². The summed E-state index contributed by atoms with van der Waals surface area (Å²) in [5.41, 5.74) is 0. The van der Waals surface area contributed by atoms with E-state index in [0.717, 1.165) is 25.6 Å². The summed E-state index contributed by atoms with van der Waals surface area (Å²) in [6.07, 6.45) is 7.70. The van der Waals surface area contributed by atoms with Crippen molar-refractivity contribution in [3.05, 3.63) is 6.92 Å². The molecule has 0 aromatic rings. The zero-order chi connectivity index (χ0) is 9.94. The van der Waals surface area contributed by atoms with E-state index in [1.807, 2.05) is 0 Å². The minimum absolute atomic E-state index is 0. The van der Waals surface area contributed by atoms with Gasteiger partial charge in [-0.05, 0) is 18.8 Å². The first-order valence-electron chi connectivity index (χ1n) is 5.64. The predicted molar refractivity (Wildman–Crippen MR) is 58.7 cm³/mol. The van der Waals surface area contributed by atoms with Crippen molar-refractivity contribution in [1.29, 1.82) is 0 Å². The van der Waals surface area contributed by atoms with E-state index in [1.54, 1.807) is 0 Å². The van der Waals surface area contributed by atoms with Gasteiger partial charge in [-0.15, -0.1) is 0 Å². The largest absolute Gasteiger partial charge is 1.00 e. The Kier molecular flexibility index (Phi) is 16.4. The maximum Gasteiger partial charge on any atom is 1.00 e. The van der Waals surface area contributed by atoms with Crippen LogP contribution in [-0.2, 0) is 4.74 Å². The maximum absolute atomic E-state index is 4.94. The maximum atomic E-state index is 4.94. The number of hydrogen-bond donors (Lipinski definition) is 0. The third-order valence-electron chi connectivity index (χ3n) is 2.11. The Labute approximate surface area is 102 Å². The normalized spacial score (nSPS) is 14.6. The van der Waals surface area contributed by atoms with Gasteiger partial charge in [0.2, 0.25) is 0 Å². The van der Waals surface area contributed by atoms with Gasteiger partial charge in [0.05, 0.1) is 0 Å². The van der Waals surface area contributed by atoms with Crippen LogP contribution in [0, 0.1) is 12.8 Å². The summed E-state index contributed by atoms with van der Waals surface area (Å²) in [5.74, 6) is 0.876. The fraction of sp³-hybridized carbons (Fsp3) is 0.917. The second-order valence-corrected chi connectivity index (χ2v) is 4.06. The first-order chi connectivity index (χ1) is 6.27. The third-order valence-corrected chi connectivity index (χ3v) is 2.11. The summed E-state index contributed by atoms with van der Waals surface area (Å²) in [6, 6.07) is 0. The molecule has 14 heavy (non-hydrogen) atoms. The molecule has 0 saturated carbocycles. The average molecular weight is 192 g/mol. The van der Waals surface area contributed by atoms with E-state index in [2.05, 4.69) is 20.8 Å². The molecule has 1 saturated heterocycles. The van der Waals surface area contributed by atoms with Crippen molar-refractivity contribution in [2.45, 2.75) is 52.4 Å². The first kappa shape index (κ1) is 17.0. The van der Waals surface area contributed by atoms with Crippen LogP contribution in [0.25, 0.3) is 0 Å². The molecule has 0 spiro atoms. The standard InChI is InChI=1S/C8H17.C4H8O.Li/c1-4-5-6-7-8(2)3;1-2-4-5-3-1;/h8H,1,4-7H2,2-3H3;1-4H2;/q-1;;+1. The Bertz CT molecular complexity index is 82.7. The van der Waals surface area contributed by atoms with Gasteiger partial charge in [-0.1, -0.05) is 33.1 Å². The van der Waals surface area contributed by atoms with Crippen LogP contribution >= 0.6 is 0 Å². The molecular formula is C12H25LiO. The van der Waals surface area contributed by atoms with Gasteiger partial charge in [-0.3, -0.25) is 0 Å². The molecule has 0 aromatic heterocycles. The average Bonchev–Trinajstić information content (AvgIpc) is 2.61. The Morgan fingerprint density at radius 2 is 1.71 bits per heavy atom. The quantitative estimate of drug-likeness (QED) is 0.364. The summed E-state index contributed by atoms with van der Waals surface area (Å²) in [7, 11) is 0. The molecule has 80 valence electrons. The molecule has 1 fully saturated rings. The molecule has 1 heterocycles. The zero-order valence-corrected chi connectivity index (χ0v) is 10.3. The second kappa shape index (κ2) is 13.6. The molecule has 0 amide bonds. The van der Waals surface area contributed by atoms with Gasteiger partial charge in [0.25, 0.3) is 0 Å². The minimum Gasteiger partial charge on any atom is -0.381 e. The molecule has 0 N–H and O–H groups in total. The van der Waals surface area contributed by atoms with E-state index < -0.39 is 0 Å². The number of ether oxygens (including phenoxy) is 1. The second-order valence-electron chi connectivity index (χ2n) is 4.06. The van der Waals surface area contributed by atoms with Gasteiger partial charge in [0.15, 0.2) is 0 Å². The van der Waals surface area contributed by atoms with Crippen LogP contribution in [0.4, 0.5) is 0 Å². The summed E-state index contributed by atoms with van der Waals surface area (Å²) >= 11 is 0. The van der Waals surface area contributed by atoms with Crippen LogP contribution in [0.5, 0.6) is 0 Å². The summed E-state index contributed by atoms with van der Waals surface area (Å²) in [6.45, 7) is 10.3. The van der Waals surface area contributed by atoms with E-state index in [9.17, 15) is 0 Å². The van der Waals surface area contributed by atoms with Gasteiger partial charge >= 0.3 is 18.9 Å². The number of unbranched alkanes of at least 4 members (excludes halogenated alkanes) is 2. The molecule has 1 aliphatic rings. The molecule has 0 aromatic carbocycles. The molecule has 1 rings (SSSR count). The van der Waals surface area contributed by atoms with Crippen molar-refractivity contribution in [3.63, 3.8) is 0 Å². The molecule has 0 aliphatic carbocycles. The van der Waals surface area contributed by atoms with Crippen LogP contribution in [0.2, 0.25) is 0 Å². The Balaban J connectivity index is 0. The van der Waals surface area contributed by atoms with Crippen molar-refractivity contribution in [1.82, 2.24) is 0 Å². The summed E-state index contributed by atoms with van der Waals surface area (Å²) in [5, 5.41) is 0. The van der Waals surface area contributed by atoms with E-state index in [1.165, 1.54) is 32.1 Å². The van der Waals surface area contributed by atoms with Crippen molar-refractivity contribution >= 4 is 0 Å². The van der Waals surface area contributed by atoms with E-state index in [0.29, 0.717) is 0 Å². The van der Waals surface area contributed by atoms with Crippen LogP contribution in [0.1, 0.15) is 52.4 Å². The van der Waals surface area contributed by atoms with Crippen LogP contribution in [0.15, 0.2) is 0 Å². The Morgan fingerprint density at radius 1 is 1.14 bits per heavy atom. The van der Waals surface area contributed by atoms with E-state index in [-0.39, 0.29) is 18.9 Å². The minimum atomic E-state index is 0. The first-order valence-corrected chi connectivity index (χ1v) is 5.64. The molecule has 0 atom stereocenters. The van der Waals surface area contributed by atoms with Crippen molar-refractivity contribution in [2.24, 2.45) is 5.92 Å². The number of rotatable bonds is 4. The van der Waals surface area contributed by atoms with Crippen LogP contribution in [-0.4, -0.2) is 13.2 Å². The van der Waals surface area contributed by atoms with Gasteiger partial charge in [0, 0.05) is 13.2 Å². The fourth-order valence-corrected chi connectivity index (χ4v) is 1.24. The van der Waals surface area contributed by atoms with Crippen LogP contribution < -0.4 is 18.9 Å². The Morgan fingerprint density at radius 3 is 2.00 bits per heavy atom. The molecule has 0 bridgehead atoms. The molecule has 1 aliphatic heterocycles. The van der Waals surface area contributed by atoms with E-state index >= 15 is 0 Å². The monoisotopic (exact) mass is 192 g/mol. The molecule has 0 unspecified atom stereocenters. The van der Waals surface area contributed by atoms with Crippen molar-refractivity contribution in [3.8, 4) is 0 Å². The van der Waals surface area contributed by atoms with Crippen molar-refractivity contribution < 1.29 is 23.6 Å². The molecule has 2 heteroatoms. The fourth-order valence-electron chi connectivity index (χ4n) is 1.24. The Hall–Kier alpha value is 0.557. The van der Waals surface area contributed by atoms with Gasteiger partial charge < -0.3 is 11.7 Å². The molecule has 1 nitrogen and oxygen atoms in total. The van der Waals surface area contributed by atoms with Gasteiger partial charge in [-0.2, -0.15) is 6.42 Å². The molecule has 0 radical (unpaired) electrons.